The molecule has 20 heavy (non-hydrogen) atoms. The Kier molecular flexibility index (Phi) is 3.26. The van der Waals surface area contributed by atoms with Crippen LogP contribution >= 0.6 is 0 Å². The van der Waals surface area contributed by atoms with Gasteiger partial charge in [0.05, 0.1) is 32.0 Å². The number of aromatic nitrogens is 2. The maximum Gasteiger partial charge on any atom is 0.459 e. The highest BCUT2D eigenvalue weighted by molar-refractivity contribution is 6.10. The van der Waals surface area contributed by atoms with Crippen molar-refractivity contribution in [1.29, 1.82) is 0 Å². The average molecular weight is 297 g/mol. The second-order valence-corrected chi connectivity index (χ2v) is 3.78. The quantitative estimate of drug-likeness (QED) is 0.801. The van der Waals surface area contributed by atoms with Crippen LogP contribution in [0.25, 0.3) is 0 Å². The van der Waals surface area contributed by atoms with Crippen LogP contribution in [0.2, 0.25) is 0 Å². The molecule has 0 amide bonds. The number of alkyl halides is 5. The Labute approximate surface area is 109 Å². The fourth-order valence-electron chi connectivity index (χ4n) is 1.68. The van der Waals surface area contributed by atoms with E-state index >= 15 is 0 Å². The molecule has 1 aliphatic heterocycles. The Hall–Kier alpha value is -2.00. The number of hydrogen-bond donors (Lipinski definition) is 0. The van der Waals surface area contributed by atoms with Gasteiger partial charge in [-0.3, -0.25) is 4.99 Å². The van der Waals surface area contributed by atoms with Gasteiger partial charge < -0.3 is 9.47 Å². The second kappa shape index (κ2) is 4.53. The maximum atomic E-state index is 13.4. The van der Waals surface area contributed by atoms with E-state index in [0.29, 0.717) is 0 Å². The van der Waals surface area contributed by atoms with Crippen LogP contribution in [0.5, 0.6) is 11.9 Å². The van der Waals surface area contributed by atoms with Gasteiger partial charge >= 0.3 is 18.1 Å². The first-order valence-corrected chi connectivity index (χ1v) is 5.21. The molecule has 2 heterocycles. The van der Waals surface area contributed by atoms with Crippen LogP contribution < -0.4 is 9.47 Å². The third-order valence-corrected chi connectivity index (χ3v) is 2.58. The minimum Gasteiger partial charge on any atom is -0.480 e. The topological polar surface area (TPSA) is 56.6 Å². The van der Waals surface area contributed by atoms with Crippen molar-refractivity contribution in [3.05, 3.63) is 11.3 Å². The zero-order chi connectivity index (χ0) is 15.1. The zero-order valence-corrected chi connectivity index (χ0v) is 10.3. The maximum absolute atomic E-state index is 13.4. The van der Waals surface area contributed by atoms with Gasteiger partial charge in [-0.05, 0) is 0 Å². The number of rotatable bonds is 3. The fraction of sp³-hybridized carbons (Fsp3) is 0.500. The second-order valence-electron chi connectivity index (χ2n) is 3.78. The van der Waals surface area contributed by atoms with E-state index in [4.69, 9.17) is 9.47 Å². The Morgan fingerprint density at radius 3 is 2.15 bits per heavy atom. The lowest BCUT2D eigenvalue weighted by Gasteiger charge is -2.20. The number of hydrogen-bond acceptors (Lipinski definition) is 5. The fourth-order valence-corrected chi connectivity index (χ4v) is 1.68. The summed E-state index contributed by atoms with van der Waals surface area (Å²) >= 11 is 0. The Morgan fingerprint density at radius 2 is 1.65 bits per heavy atom. The first-order valence-electron chi connectivity index (χ1n) is 5.21. The first-order chi connectivity index (χ1) is 9.22. The molecule has 10 heteroatoms. The molecule has 0 aliphatic carbocycles. The average Bonchev–Trinajstić information content (AvgIpc) is 2.80. The summed E-state index contributed by atoms with van der Waals surface area (Å²) in [6.45, 7) is -0.425. The van der Waals surface area contributed by atoms with E-state index in [1.165, 1.54) is 7.11 Å². The van der Waals surface area contributed by atoms with Gasteiger partial charge in [-0.15, -0.1) is 0 Å². The van der Waals surface area contributed by atoms with E-state index in [1.807, 2.05) is 0 Å². The molecule has 0 saturated heterocycles. The summed E-state index contributed by atoms with van der Waals surface area (Å²) < 4.78 is 73.5. The molecule has 0 N–H and O–H groups in total. The third kappa shape index (κ3) is 2.04. The molecule has 0 fully saturated rings. The minimum absolute atomic E-state index is 0.104. The van der Waals surface area contributed by atoms with Gasteiger partial charge in [0.25, 0.3) is 0 Å². The van der Waals surface area contributed by atoms with Crippen molar-refractivity contribution in [2.45, 2.75) is 18.6 Å². The molecule has 0 bridgehead atoms. The molecule has 2 rings (SSSR count). The van der Waals surface area contributed by atoms with Gasteiger partial charge in [-0.25, -0.2) is 0 Å². The van der Waals surface area contributed by atoms with E-state index in [-0.39, 0.29) is 11.7 Å². The molecule has 0 atom stereocenters. The van der Waals surface area contributed by atoms with Crippen molar-refractivity contribution < 1.29 is 31.4 Å². The number of ether oxygens (including phenoxy) is 2. The normalized spacial score (nSPS) is 14.8. The molecule has 0 unspecified atom stereocenters. The van der Waals surface area contributed by atoms with Crippen molar-refractivity contribution in [1.82, 2.24) is 9.97 Å². The van der Waals surface area contributed by atoms with Crippen LogP contribution in [0.4, 0.5) is 22.0 Å². The van der Waals surface area contributed by atoms with E-state index in [0.717, 1.165) is 7.11 Å². The number of fused-ring (bicyclic) bond motifs is 1. The van der Waals surface area contributed by atoms with E-state index in [1.54, 1.807) is 0 Å². The van der Waals surface area contributed by atoms with Gasteiger partial charge in [-0.2, -0.15) is 31.9 Å². The lowest BCUT2D eigenvalue weighted by atomic mass is 10.1. The highest BCUT2D eigenvalue weighted by atomic mass is 19.4. The van der Waals surface area contributed by atoms with Crippen LogP contribution in [-0.2, 0) is 6.54 Å². The molecule has 0 saturated carbocycles. The van der Waals surface area contributed by atoms with Crippen molar-refractivity contribution in [3.8, 4) is 11.9 Å². The molecular weight excluding hydrogens is 289 g/mol. The molecule has 1 aliphatic rings. The molecule has 1 aromatic rings. The van der Waals surface area contributed by atoms with E-state index in [2.05, 4.69) is 15.0 Å². The Morgan fingerprint density at radius 1 is 1.00 bits per heavy atom. The lowest BCUT2D eigenvalue weighted by Crippen LogP contribution is -2.44. The SMILES string of the molecule is COc1nc2c(c(OC)n1)C(C(F)(F)C(F)(F)F)=NC2. The number of methoxy groups -OCH3 is 2. The van der Waals surface area contributed by atoms with Crippen molar-refractivity contribution >= 4 is 5.71 Å². The minimum atomic E-state index is -5.77. The summed E-state index contributed by atoms with van der Waals surface area (Å²) in [6.07, 6.45) is -5.77. The summed E-state index contributed by atoms with van der Waals surface area (Å²) in [6, 6.07) is -0.202. The number of nitrogens with zero attached hydrogens (tertiary/aromatic N) is 3. The van der Waals surface area contributed by atoms with E-state index < -0.39 is 35.8 Å². The molecule has 5 nitrogen and oxygen atoms in total. The van der Waals surface area contributed by atoms with Crippen LogP contribution in [-0.4, -0.2) is 42.0 Å². The molecule has 0 radical (unpaired) electrons. The van der Waals surface area contributed by atoms with Crippen molar-refractivity contribution in [2.24, 2.45) is 4.99 Å². The zero-order valence-electron chi connectivity index (χ0n) is 10.3. The molecule has 1 aromatic heterocycles. The number of aliphatic imine (C=N–C) groups is 1. The van der Waals surface area contributed by atoms with Gasteiger partial charge in [0, 0.05) is 0 Å². The third-order valence-electron chi connectivity index (χ3n) is 2.58. The van der Waals surface area contributed by atoms with Crippen LogP contribution in [0.1, 0.15) is 11.3 Å². The monoisotopic (exact) mass is 297 g/mol. The summed E-state index contributed by atoms with van der Waals surface area (Å²) in [5.41, 5.74) is -2.09. The standard InChI is InChI=1S/C10H8F5N3O2/c1-19-7-5-4(17-8(18-7)20-2)3-16-6(5)9(11,12)10(13,14)15/h3H2,1-2H3. The van der Waals surface area contributed by atoms with Gasteiger partial charge in [0.2, 0.25) is 5.88 Å². The molecule has 110 valence electrons. The van der Waals surface area contributed by atoms with Gasteiger partial charge in [0.15, 0.2) is 0 Å². The van der Waals surface area contributed by atoms with Gasteiger partial charge in [0.1, 0.15) is 5.71 Å². The predicted molar refractivity (Wildman–Crippen MR) is 56.4 cm³/mol. The van der Waals surface area contributed by atoms with Gasteiger partial charge in [-0.1, -0.05) is 0 Å². The number of halogens is 5. The van der Waals surface area contributed by atoms with Crippen LogP contribution in [0, 0.1) is 0 Å². The molecular formula is C10H8F5N3O2. The van der Waals surface area contributed by atoms with Crippen molar-refractivity contribution in [2.75, 3.05) is 14.2 Å². The molecule has 0 aromatic carbocycles. The van der Waals surface area contributed by atoms with Crippen LogP contribution in [0.15, 0.2) is 4.99 Å². The highest BCUT2D eigenvalue weighted by Gasteiger charge is 2.63. The summed E-state index contributed by atoms with van der Waals surface area (Å²) in [5.74, 6) is -5.55. The largest absolute Gasteiger partial charge is 0.480 e. The summed E-state index contributed by atoms with van der Waals surface area (Å²) in [4.78, 5) is 10.5. The van der Waals surface area contributed by atoms with E-state index in [9.17, 15) is 22.0 Å². The smallest absolute Gasteiger partial charge is 0.459 e. The predicted octanol–water partition coefficient (Wildman–Crippen LogP) is 1.99. The summed E-state index contributed by atoms with van der Waals surface area (Å²) in [7, 11) is 2.31. The van der Waals surface area contributed by atoms with Crippen LogP contribution in [0.3, 0.4) is 0 Å². The summed E-state index contributed by atoms with van der Waals surface area (Å²) in [5, 5.41) is 0. The van der Waals surface area contributed by atoms with Crippen molar-refractivity contribution in [3.63, 3.8) is 0 Å². The lowest BCUT2D eigenvalue weighted by molar-refractivity contribution is -0.248. The Bertz CT molecular complexity index is 571. The Balaban J connectivity index is 2.57. The highest BCUT2D eigenvalue weighted by Crippen LogP contribution is 2.42. The first kappa shape index (κ1) is 14.4. The molecule has 0 spiro atoms.